The molecule has 0 spiro atoms. The van der Waals surface area contributed by atoms with E-state index >= 15 is 0 Å². The number of hydrogen-bond acceptors (Lipinski definition) is 9. The smallest absolute Gasteiger partial charge is 0.282 e. The van der Waals surface area contributed by atoms with E-state index in [0.29, 0.717) is 31.3 Å². The highest BCUT2D eigenvalue weighted by Gasteiger charge is 2.35. The van der Waals surface area contributed by atoms with E-state index in [4.69, 9.17) is 14.7 Å². The maximum atomic E-state index is 13.7. The number of nitrogens with one attached hydrogen (secondary N) is 2. The second-order valence-electron chi connectivity index (χ2n) is 10.8. The van der Waals surface area contributed by atoms with Gasteiger partial charge in [-0.3, -0.25) is 14.7 Å². The van der Waals surface area contributed by atoms with Crippen LogP contribution in [0.5, 0.6) is 0 Å². The summed E-state index contributed by atoms with van der Waals surface area (Å²) in [4.78, 5) is 39.1. The minimum Gasteiger partial charge on any atom is -0.368 e. The number of H-pyrrole nitrogens is 1. The van der Waals surface area contributed by atoms with Crippen molar-refractivity contribution in [3.8, 4) is 6.07 Å². The van der Waals surface area contributed by atoms with Crippen LogP contribution in [-0.4, -0.2) is 88.1 Å². The average molecular weight is 576 g/mol. The summed E-state index contributed by atoms with van der Waals surface area (Å²) in [5.74, 6) is -0.865. The van der Waals surface area contributed by atoms with E-state index in [0.717, 1.165) is 33.3 Å². The van der Waals surface area contributed by atoms with Gasteiger partial charge in [0.15, 0.2) is 5.83 Å². The number of ether oxygens (including phenoxy) is 1. The lowest BCUT2D eigenvalue weighted by Crippen LogP contribution is -2.55. The summed E-state index contributed by atoms with van der Waals surface area (Å²) in [6.45, 7) is 6.66. The summed E-state index contributed by atoms with van der Waals surface area (Å²) in [5, 5.41) is 20.9. The molecule has 2 amide bonds. The molecule has 0 aliphatic carbocycles. The molecule has 0 saturated carbocycles. The molecule has 2 N–H and O–H groups in total. The van der Waals surface area contributed by atoms with E-state index in [1.54, 1.807) is 20.3 Å². The summed E-state index contributed by atoms with van der Waals surface area (Å²) >= 11 is 0. The number of aromatic amines is 1. The molecule has 12 nitrogen and oxygen atoms in total. The SMILES string of the molecule is C=C(F)C(=O)N1CCN(c2nc(NCCC(=O)N(C)C)nc3c2COC(c2c(C)ccc4[nH]ncc24)C3)C[C@@H]1CC#N. The zero-order valence-corrected chi connectivity index (χ0v) is 24.0. The number of fused-ring (bicyclic) bond motifs is 2. The van der Waals surface area contributed by atoms with E-state index in [1.165, 1.54) is 9.80 Å². The van der Waals surface area contributed by atoms with Crippen molar-refractivity contribution in [3.05, 3.63) is 53.1 Å². The van der Waals surface area contributed by atoms with Gasteiger partial charge in [-0.2, -0.15) is 15.3 Å². The topological polar surface area (TPSA) is 143 Å². The highest BCUT2D eigenvalue weighted by Crippen LogP contribution is 2.38. The molecule has 2 aliphatic rings. The molecule has 4 heterocycles. The van der Waals surface area contributed by atoms with Gasteiger partial charge in [-0.25, -0.2) is 9.37 Å². The molecule has 13 heteroatoms. The van der Waals surface area contributed by atoms with Gasteiger partial charge in [0.25, 0.3) is 5.91 Å². The van der Waals surface area contributed by atoms with Crippen molar-refractivity contribution in [2.45, 2.75) is 44.9 Å². The standard InChI is InChI=1S/C29H34FN9O3/c1-17-5-6-22-20(14-33-36-22)26(17)24-13-23-21(16-42-24)27(35-29(34-23)32-10-8-25(40)37(3)4)38-11-12-39(28(41)18(2)30)19(15-38)7-9-31/h5-6,14,19,24H,2,7-8,10-13,15-16H2,1,3-4H3,(H,33,36)(H,32,34,35)/t19-,24?/m0/s1. The first-order valence-corrected chi connectivity index (χ1v) is 13.8. The van der Waals surface area contributed by atoms with Gasteiger partial charge in [-0.15, -0.1) is 0 Å². The van der Waals surface area contributed by atoms with Crippen molar-refractivity contribution >= 4 is 34.5 Å². The van der Waals surface area contributed by atoms with Crippen LogP contribution in [0.1, 0.15) is 41.3 Å². The number of benzene rings is 1. The van der Waals surface area contributed by atoms with E-state index in [2.05, 4.69) is 28.2 Å². The number of carbonyl (C=O) groups is 2. The summed E-state index contributed by atoms with van der Waals surface area (Å²) in [7, 11) is 3.41. The van der Waals surface area contributed by atoms with Crippen LogP contribution in [0, 0.1) is 18.3 Å². The molecule has 1 saturated heterocycles. The minimum atomic E-state index is -1.05. The molecule has 3 aromatic rings. The Balaban J connectivity index is 1.48. The Morgan fingerprint density at radius 3 is 2.86 bits per heavy atom. The third-order valence-electron chi connectivity index (χ3n) is 7.81. The highest BCUT2D eigenvalue weighted by molar-refractivity contribution is 5.91. The van der Waals surface area contributed by atoms with Crippen LogP contribution in [0.15, 0.2) is 30.7 Å². The number of aryl methyl sites for hydroxylation is 1. The van der Waals surface area contributed by atoms with Gasteiger partial charge in [0, 0.05) is 64.1 Å². The van der Waals surface area contributed by atoms with Gasteiger partial charge in [-0.1, -0.05) is 12.6 Å². The van der Waals surface area contributed by atoms with Crippen LogP contribution in [0.2, 0.25) is 0 Å². The Morgan fingerprint density at radius 1 is 1.31 bits per heavy atom. The Labute approximate surface area is 243 Å². The number of rotatable bonds is 8. The van der Waals surface area contributed by atoms with Gasteiger partial charge in [0.05, 0.1) is 48.7 Å². The number of amides is 2. The number of nitriles is 1. The second-order valence-corrected chi connectivity index (χ2v) is 10.8. The number of carbonyl (C=O) groups excluding carboxylic acids is 2. The minimum absolute atomic E-state index is 0.0209. The van der Waals surface area contributed by atoms with Crippen LogP contribution in [0.4, 0.5) is 16.2 Å². The molecule has 42 heavy (non-hydrogen) atoms. The van der Waals surface area contributed by atoms with Gasteiger partial charge < -0.3 is 24.8 Å². The predicted molar refractivity (Wildman–Crippen MR) is 154 cm³/mol. The van der Waals surface area contributed by atoms with Crippen molar-refractivity contribution in [3.63, 3.8) is 0 Å². The second kappa shape index (κ2) is 12.1. The maximum Gasteiger partial charge on any atom is 0.282 e. The molecule has 2 aromatic heterocycles. The number of nitrogens with zero attached hydrogens (tertiary/aromatic N) is 7. The maximum absolute atomic E-state index is 13.7. The molecule has 2 aliphatic heterocycles. The molecular formula is C29H34FN9O3. The third kappa shape index (κ3) is 5.75. The van der Waals surface area contributed by atoms with E-state index in [9.17, 15) is 19.2 Å². The average Bonchev–Trinajstić information content (AvgIpc) is 3.45. The van der Waals surface area contributed by atoms with Crippen molar-refractivity contribution in [1.29, 1.82) is 5.26 Å². The third-order valence-corrected chi connectivity index (χ3v) is 7.81. The fourth-order valence-electron chi connectivity index (χ4n) is 5.61. The van der Waals surface area contributed by atoms with Crippen LogP contribution < -0.4 is 10.2 Å². The molecule has 220 valence electrons. The predicted octanol–water partition coefficient (Wildman–Crippen LogP) is 2.78. The number of aromatic nitrogens is 4. The van der Waals surface area contributed by atoms with Crippen LogP contribution in [-0.2, 0) is 27.4 Å². The van der Waals surface area contributed by atoms with Crippen molar-refractivity contribution < 1.29 is 18.7 Å². The molecular weight excluding hydrogens is 541 g/mol. The number of anilines is 2. The normalized spacial score (nSPS) is 18.4. The van der Waals surface area contributed by atoms with Crippen molar-refractivity contribution in [2.24, 2.45) is 0 Å². The van der Waals surface area contributed by atoms with E-state index in [-0.39, 0.29) is 44.5 Å². The Kier molecular flexibility index (Phi) is 8.35. The molecule has 0 radical (unpaired) electrons. The lowest BCUT2D eigenvalue weighted by Gasteiger charge is -2.42. The lowest BCUT2D eigenvalue weighted by atomic mass is 9.93. The van der Waals surface area contributed by atoms with E-state index < -0.39 is 17.8 Å². The summed E-state index contributed by atoms with van der Waals surface area (Å²) < 4.78 is 20.2. The van der Waals surface area contributed by atoms with Gasteiger partial charge in [0.1, 0.15) is 5.82 Å². The van der Waals surface area contributed by atoms with Gasteiger partial charge in [0.2, 0.25) is 11.9 Å². The van der Waals surface area contributed by atoms with Gasteiger partial charge in [-0.05, 0) is 24.1 Å². The summed E-state index contributed by atoms with van der Waals surface area (Å²) in [5.41, 5.74) is 4.69. The fraction of sp³-hybridized carbons (Fsp3) is 0.448. The van der Waals surface area contributed by atoms with Gasteiger partial charge >= 0.3 is 0 Å². The number of hydrogen-bond donors (Lipinski definition) is 2. The quantitative estimate of drug-likeness (QED) is 0.388. The molecule has 1 fully saturated rings. The first-order valence-electron chi connectivity index (χ1n) is 13.8. The fourth-order valence-corrected chi connectivity index (χ4v) is 5.61. The van der Waals surface area contributed by atoms with Crippen molar-refractivity contribution in [1.82, 2.24) is 30.0 Å². The molecule has 0 bridgehead atoms. The number of piperazine rings is 1. The molecule has 1 aromatic carbocycles. The summed E-state index contributed by atoms with van der Waals surface area (Å²) in [6, 6.07) is 5.60. The lowest BCUT2D eigenvalue weighted by molar-refractivity contribution is -0.131. The van der Waals surface area contributed by atoms with Crippen LogP contribution >= 0.6 is 0 Å². The largest absolute Gasteiger partial charge is 0.368 e. The van der Waals surface area contributed by atoms with Crippen LogP contribution in [0.3, 0.4) is 0 Å². The first kappa shape index (κ1) is 28.9. The zero-order valence-electron chi connectivity index (χ0n) is 24.0. The van der Waals surface area contributed by atoms with E-state index in [1.807, 2.05) is 24.0 Å². The highest BCUT2D eigenvalue weighted by atomic mass is 19.1. The van der Waals surface area contributed by atoms with Crippen LogP contribution in [0.25, 0.3) is 10.9 Å². The molecule has 1 unspecified atom stereocenters. The molecule has 2 atom stereocenters. The van der Waals surface area contributed by atoms with Crippen molar-refractivity contribution in [2.75, 3.05) is 50.5 Å². The zero-order chi connectivity index (χ0) is 30.0. The monoisotopic (exact) mass is 575 g/mol. The molecule has 5 rings (SSSR count). The number of halogens is 1. The Bertz CT molecular complexity index is 1560. The Morgan fingerprint density at radius 2 is 2.12 bits per heavy atom. The Hall–Kier alpha value is -4.57. The summed E-state index contributed by atoms with van der Waals surface area (Å²) in [6.07, 6.45) is 2.34. The first-order chi connectivity index (χ1) is 20.2.